The lowest BCUT2D eigenvalue weighted by Gasteiger charge is -2.47. The van der Waals surface area contributed by atoms with Crippen LogP contribution in [0.5, 0.6) is 5.75 Å². The largest absolute Gasteiger partial charge is 0.497 e. The Balaban J connectivity index is 1.80. The van der Waals surface area contributed by atoms with Crippen molar-refractivity contribution in [3.05, 3.63) is 95.6 Å². The lowest BCUT2D eigenvalue weighted by molar-refractivity contribution is -0.181. The molecule has 0 bridgehead atoms. The van der Waals surface area contributed by atoms with Crippen molar-refractivity contribution in [3.63, 3.8) is 0 Å². The van der Waals surface area contributed by atoms with Gasteiger partial charge in [0, 0.05) is 18.7 Å². The number of anilines is 1. The van der Waals surface area contributed by atoms with Crippen molar-refractivity contribution in [3.8, 4) is 5.75 Å². The normalized spacial score (nSPS) is 19.1. The molecule has 8 nitrogen and oxygen atoms in total. The fraction of sp³-hybridized carbons (Fsp3) is 0.364. The summed E-state index contributed by atoms with van der Waals surface area (Å²) < 4.78 is 45.5. The number of nitrogens with zero attached hydrogens (tertiary/aromatic N) is 2. The molecule has 1 fully saturated rings. The summed E-state index contributed by atoms with van der Waals surface area (Å²) in [4.78, 5) is 40.9. The molecule has 1 aliphatic rings. The molecule has 0 radical (unpaired) electrons. The number of nitrogens with one attached hydrogen (secondary N) is 2. The molecule has 2 N–H and O–H groups in total. The number of rotatable bonds is 6. The summed E-state index contributed by atoms with van der Waals surface area (Å²) in [6.45, 7) is 6.63. The minimum Gasteiger partial charge on any atom is -0.497 e. The van der Waals surface area contributed by atoms with E-state index >= 15 is 0 Å². The molecule has 0 spiro atoms. The summed E-state index contributed by atoms with van der Waals surface area (Å²) in [6, 6.07) is 18.3. The van der Waals surface area contributed by atoms with Gasteiger partial charge in [-0.2, -0.15) is 13.2 Å². The third-order valence-corrected chi connectivity index (χ3v) is 7.52. The zero-order valence-electron chi connectivity index (χ0n) is 25.3. The summed E-state index contributed by atoms with van der Waals surface area (Å²) in [7, 11) is 1.50. The first-order valence-corrected chi connectivity index (χ1v) is 14.3. The first kappa shape index (κ1) is 32.4. The zero-order valence-corrected chi connectivity index (χ0v) is 25.3. The van der Waals surface area contributed by atoms with E-state index in [2.05, 4.69) is 10.6 Å². The van der Waals surface area contributed by atoms with Crippen molar-refractivity contribution in [1.82, 2.24) is 15.3 Å². The van der Waals surface area contributed by atoms with Crippen molar-refractivity contribution in [2.45, 2.75) is 70.3 Å². The molecular formula is C33H37F3N4O4. The summed E-state index contributed by atoms with van der Waals surface area (Å²) in [5.74, 6) is -0.751. The maximum atomic E-state index is 14.5. The van der Waals surface area contributed by atoms with E-state index in [1.54, 1.807) is 45.0 Å². The van der Waals surface area contributed by atoms with E-state index in [1.165, 1.54) is 36.2 Å². The van der Waals surface area contributed by atoms with Crippen LogP contribution in [0.25, 0.3) is 0 Å². The second kappa shape index (κ2) is 13.0. The topological polar surface area (TPSA) is 91.0 Å². The highest BCUT2D eigenvalue weighted by atomic mass is 19.4. The summed E-state index contributed by atoms with van der Waals surface area (Å²) in [5, 5.41) is 8.19. The Hall–Kier alpha value is -4.54. The van der Waals surface area contributed by atoms with Gasteiger partial charge in [0.25, 0.3) is 5.91 Å². The van der Waals surface area contributed by atoms with Crippen LogP contribution in [0.3, 0.4) is 0 Å². The maximum absolute atomic E-state index is 14.5. The average molecular weight is 611 g/mol. The van der Waals surface area contributed by atoms with Gasteiger partial charge in [-0.05, 0) is 74.9 Å². The lowest BCUT2D eigenvalue weighted by atomic mass is 9.86. The van der Waals surface area contributed by atoms with E-state index < -0.39 is 47.2 Å². The van der Waals surface area contributed by atoms with Crippen LogP contribution in [-0.2, 0) is 15.8 Å². The number of hydrazine groups is 1. The van der Waals surface area contributed by atoms with Gasteiger partial charge in [-0.3, -0.25) is 9.59 Å². The van der Waals surface area contributed by atoms with Crippen LogP contribution in [0.2, 0.25) is 0 Å². The van der Waals surface area contributed by atoms with Crippen LogP contribution in [-0.4, -0.2) is 46.6 Å². The van der Waals surface area contributed by atoms with E-state index in [0.29, 0.717) is 17.0 Å². The zero-order chi connectivity index (χ0) is 32.2. The average Bonchev–Trinajstić information content (AvgIpc) is 3.09. The maximum Gasteiger partial charge on any atom is 0.416 e. The number of benzene rings is 3. The number of hydrogen-bond acceptors (Lipinski definition) is 4. The lowest BCUT2D eigenvalue weighted by Crippen LogP contribution is -2.61. The Morgan fingerprint density at radius 1 is 0.909 bits per heavy atom. The van der Waals surface area contributed by atoms with Crippen LogP contribution in [0.1, 0.15) is 69.2 Å². The fourth-order valence-electron chi connectivity index (χ4n) is 5.67. The van der Waals surface area contributed by atoms with Crippen molar-refractivity contribution in [2.75, 3.05) is 12.4 Å². The number of hydrogen-bond donors (Lipinski definition) is 2. The Kier molecular flexibility index (Phi) is 9.56. The SMILES string of the molecule is COc1cccc(NC(=O)NC2CC(c3ccccc3)CC(c3ccc(C(F)(F)F)cc3)N(N(C(C)=O)C(C)(C)C)C2=O)c1. The van der Waals surface area contributed by atoms with Crippen LogP contribution >= 0.6 is 0 Å². The van der Waals surface area contributed by atoms with E-state index in [4.69, 9.17) is 4.74 Å². The molecule has 234 valence electrons. The number of halogens is 3. The van der Waals surface area contributed by atoms with Crippen molar-refractivity contribution >= 4 is 23.5 Å². The first-order valence-electron chi connectivity index (χ1n) is 14.3. The van der Waals surface area contributed by atoms with E-state index in [-0.39, 0.29) is 18.8 Å². The molecule has 1 heterocycles. The van der Waals surface area contributed by atoms with E-state index in [9.17, 15) is 27.6 Å². The van der Waals surface area contributed by atoms with Crippen LogP contribution in [0, 0.1) is 0 Å². The van der Waals surface area contributed by atoms with Gasteiger partial charge in [-0.25, -0.2) is 14.8 Å². The monoisotopic (exact) mass is 610 g/mol. The summed E-state index contributed by atoms with van der Waals surface area (Å²) in [5.41, 5.74) is 0.0712. The number of ether oxygens (including phenoxy) is 1. The second-order valence-electron chi connectivity index (χ2n) is 11.8. The summed E-state index contributed by atoms with van der Waals surface area (Å²) >= 11 is 0. The highest BCUT2D eigenvalue weighted by Crippen LogP contribution is 2.42. The van der Waals surface area contributed by atoms with E-state index in [1.807, 2.05) is 30.3 Å². The smallest absolute Gasteiger partial charge is 0.416 e. The first-order chi connectivity index (χ1) is 20.7. The second-order valence-corrected chi connectivity index (χ2v) is 11.8. The molecule has 4 rings (SSSR count). The number of urea groups is 1. The molecule has 3 unspecified atom stereocenters. The number of alkyl halides is 3. The molecule has 0 aromatic heterocycles. The molecule has 4 amide bonds. The van der Waals surface area contributed by atoms with Crippen LogP contribution < -0.4 is 15.4 Å². The molecule has 0 aliphatic carbocycles. The Morgan fingerprint density at radius 2 is 1.57 bits per heavy atom. The Morgan fingerprint density at radius 3 is 2.14 bits per heavy atom. The highest BCUT2D eigenvalue weighted by molar-refractivity contribution is 5.94. The third-order valence-electron chi connectivity index (χ3n) is 7.52. The van der Waals surface area contributed by atoms with Crippen molar-refractivity contribution < 1.29 is 32.3 Å². The van der Waals surface area contributed by atoms with Crippen LogP contribution in [0.4, 0.5) is 23.7 Å². The highest BCUT2D eigenvalue weighted by Gasteiger charge is 2.45. The molecule has 11 heteroatoms. The van der Waals surface area contributed by atoms with Gasteiger partial charge in [0.1, 0.15) is 11.8 Å². The molecule has 1 saturated heterocycles. The predicted molar refractivity (Wildman–Crippen MR) is 161 cm³/mol. The van der Waals surface area contributed by atoms with Gasteiger partial charge in [0.05, 0.1) is 24.3 Å². The van der Waals surface area contributed by atoms with Crippen molar-refractivity contribution in [2.24, 2.45) is 0 Å². The summed E-state index contributed by atoms with van der Waals surface area (Å²) in [6.07, 6.45) is -4.05. The Labute approximate surface area is 255 Å². The molecular weight excluding hydrogens is 573 g/mol. The van der Waals surface area contributed by atoms with Gasteiger partial charge in [0.15, 0.2) is 0 Å². The quantitative estimate of drug-likeness (QED) is 0.317. The van der Waals surface area contributed by atoms with Crippen molar-refractivity contribution in [1.29, 1.82) is 0 Å². The molecule has 44 heavy (non-hydrogen) atoms. The number of carbonyl (C=O) groups is 3. The van der Waals surface area contributed by atoms with E-state index in [0.717, 1.165) is 17.7 Å². The number of carbonyl (C=O) groups excluding carboxylic acids is 3. The third kappa shape index (κ3) is 7.50. The van der Waals surface area contributed by atoms with Gasteiger partial charge in [-0.1, -0.05) is 48.5 Å². The minimum absolute atomic E-state index is 0.192. The Bertz CT molecular complexity index is 1470. The predicted octanol–water partition coefficient (Wildman–Crippen LogP) is 6.91. The van der Waals surface area contributed by atoms with Gasteiger partial charge < -0.3 is 15.4 Å². The standard InChI is InChI=1S/C33H37F3N4O4/c1-21(41)40(32(2,3)4)39-29(23-14-16-25(17-15-23)33(34,35)36)19-24(22-10-7-6-8-11-22)18-28(30(39)42)38-31(43)37-26-12-9-13-27(20-26)44-5/h6-17,20,24,28-29H,18-19H2,1-5H3,(H2,37,38,43). The molecule has 3 aromatic rings. The van der Waals surface area contributed by atoms with Gasteiger partial charge >= 0.3 is 12.2 Å². The van der Waals surface area contributed by atoms with Crippen LogP contribution in [0.15, 0.2) is 78.9 Å². The molecule has 0 saturated carbocycles. The van der Waals surface area contributed by atoms with Gasteiger partial charge in [0.2, 0.25) is 5.91 Å². The number of amides is 4. The molecule has 3 aromatic carbocycles. The van der Waals surface area contributed by atoms with Gasteiger partial charge in [-0.15, -0.1) is 0 Å². The minimum atomic E-state index is -4.54. The number of methoxy groups -OCH3 is 1. The molecule has 1 aliphatic heterocycles. The molecule has 3 atom stereocenters. The fourth-order valence-corrected chi connectivity index (χ4v) is 5.67.